The summed E-state index contributed by atoms with van der Waals surface area (Å²) in [6.07, 6.45) is 3.34. The largest absolute Gasteiger partial charge is 0.493 e. The molecule has 0 unspecified atom stereocenters. The van der Waals surface area contributed by atoms with E-state index in [-0.39, 0.29) is 0 Å². The Morgan fingerprint density at radius 2 is 2.12 bits per heavy atom. The third-order valence-corrected chi connectivity index (χ3v) is 3.15. The fourth-order valence-electron chi connectivity index (χ4n) is 1.81. The van der Waals surface area contributed by atoms with Crippen molar-refractivity contribution in [3.05, 3.63) is 23.8 Å². The van der Waals surface area contributed by atoms with Crippen LogP contribution in [0.15, 0.2) is 18.2 Å². The second-order valence-corrected chi connectivity index (χ2v) is 4.67. The third-order valence-electron chi connectivity index (χ3n) is 3.15. The summed E-state index contributed by atoms with van der Waals surface area (Å²) in [4.78, 5) is 0. The fraction of sp³-hybridized carbons (Fsp3) is 0.571. The molecule has 0 saturated heterocycles. The number of methoxy groups -OCH3 is 1. The van der Waals surface area contributed by atoms with Gasteiger partial charge in [0, 0.05) is 0 Å². The minimum atomic E-state index is -0.482. The molecule has 2 rings (SSSR count). The Balaban J connectivity index is 1.98. The number of ether oxygens (including phenoxy) is 2. The zero-order valence-electron chi connectivity index (χ0n) is 10.5. The van der Waals surface area contributed by atoms with Gasteiger partial charge in [-0.1, -0.05) is 18.9 Å². The standard InChI is InChI=1S/C14H20O3/c1-10(15)12-5-6-13(14(9-12)16-2)17-8-7-11-3-4-11/h5-6,9-11,15H,3-4,7-8H2,1-2H3/t10-/m0/s1. The van der Waals surface area contributed by atoms with Gasteiger partial charge in [-0.3, -0.25) is 0 Å². The molecule has 0 amide bonds. The van der Waals surface area contributed by atoms with E-state index in [9.17, 15) is 5.11 Å². The highest BCUT2D eigenvalue weighted by Gasteiger charge is 2.21. The lowest BCUT2D eigenvalue weighted by Gasteiger charge is -2.13. The van der Waals surface area contributed by atoms with Gasteiger partial charge >= 0.3 is 0 Å². The molecule has 1 aromatic rings. The van der Waals surface area contributed by atoms with Gasteiger partial charge in [-0.05, 0) is 37.0 Å². The number of hydrogen-bond acceptors (Lipinski definition) is 3. The van der Waals surface area contributed by atoms with E-state index in [0.29, 0.717) is 5.75 Å². The maximum Gasteiger partial charge on any atom is 0.161 e. The molecule has 0 aromatic heterocycles. The molecule has 1 fully saturated rings. The second kappa shape index (κ2) is 5.41. The van der Waals surface area contributed by atoms with Crippen LogP contribution in [0.5, 0.6) is 11.5 Å². The van der Waals surface area contributed by atoms with Gasteiger partial charge in [-0.25, -0.2) is 0 Å². The van der Waals surface area contributed by atoms with Crippen LogP contribution in [0.1, 0.15) is 37.9 Å². The van der Waals surface area contributed by atoms with E-state index < -0.39 is 6.10 Å². The van der Waals surface area contributed by atoms with Crippen LogP contribution in [-0.4, -0.2) is 18.8 Å². The molecule has 1 saturated carbocycles. The molecular formula is C14H20O3. The second-order valence-electron chi connectivity index (χ2n) is 4.67. The molecule has 0 radical (unpaired) electrons. The Hall–Kier alpha value is -1.22. The molecule has 1 N–H and O–H groups in total. The summed E-state index contributed by atoms with van der Waals surface area (Å²) in [6.45, 7) is 2.48. The summed E-state index contributed by atoms with van der Waals surface area (Å²) < 4.78 is 11.0. The molecule has 1 atom stereocenters. The molecule has 1 aliphatic carbocycles. The summed E-state index contributed by atoms with van der Waals surface area (Å²) in [5.41, 5.74) is 0.844. The lowest BCUT2D eigenvalue weighted by atomic mass is 10.1. The molecule has 0 bridgehead atoms. The SMILES string of the molecule is COc1cc([C@H](C)O)ccc1OCCC1CC1. The van der Waals surface area contributed by atoms with Crippen LogP contribution in [0.4, 0.5) is 0 Å². The van der Waals surface area contributed by atoms with Crippen LogP contribution < -0.4 is 9.47 Å². The Morgan fingerprint density at radius 1 is 1.35 bits per heavy atom. The molecular weight excluding hydrogens is 216 g/mol. The van der Waals surface area contributed by atoms with E-state index in [1.165, 1.54) is 12.8 Å². The highest BCUT2D eigenvalue weighted by atomic mass is 16.5. The zero-order chi connectivity index (χ0) is 12.3. The molecule has 1 aliphatic rings. The molecule has 17 heavy (non-hydrogen) atoms. The Labute approximate surface area is 102 Å². The Bertz CT molecular complexity index is 370. The van der Waals surface area contributed by atoms with E-state index in [2.05, 4.69) is 0 Å². The van der Waals surface area contributed by atoms with E-state index >= 15 is 0 Å². The average molecular weight is 236 g/mol. The summed E-state index contributed by atoms with van der Waals surface area (Å²) in [7, 11) is 1.62. The van der Waals surface area contributed by atoms with Crippen LogP contribution in [0, 0.1) is 5.92 Å². The summed E-state index contributed by atoms with van der Waals surface area (Å²) >= 11 is 0. The Kier molecular flexibility index (Phi) is 3.89. The maximum absolute atomic E-state index is 9.50. The number of aliphatic hydroxyl groups is 1. The van der Waals surface area contributed by atoms with Gasteiger partial charge in [-0.15, -0.1) is 0 Å². The van der Waals surface area contributed by atoms with Gasteiger partial charge in [0.25, 0.3) is 0 Å². The highest BCUT2D eigenvalue weighted by Crippen LogP contribution is 2.34. The average Bonchev–Trinajstić information content (AvgIpc) is 3.13. The lowest BCUT2D eigenvalue weighted by Crippen LogP contribution is -2.01. The Morgan fingerprint density at radius 3 is 2.71 bits per heavy atom. The normalized spacial score (nSPS) is 16.6. The third kappa shape index (κ3) is 3.37. The number of aliphatic hydroxyl groups excluding tert-OH is 1. The van der Waals surface area contributed by atoms with Gasteiger partial charge in [0.1, 0.15) is 0 Å². The molecule has 0 heterocycles. The number of rotatable bonds is 6. The smallest absolute Gasteiger partial charge is 0.161 e. The van der Waals surface area contributed by atoms with Gasteiger partial charge in [0.05, 0.1) is 19.8 Å². The minimum Gasteiger partial charge on any atom is -0.493 e. The van der Waals surface area contributed by atoms with Gasteiger partial charge in [0.15, 0.2) is 11.5 Å². The van der Waals surface area contributed by atoms with Gasteiger partial charge in [-0.2, -0.15) is 0 Å². The minimum absolute atomic E-state index is 0.482. The number of benzene rings is 1. The fourth-order valence-corrected chi connectivity index (χ4v) is 1.81. The van der Waals surface area contributed by atoms with Crippen LogP contribution in [-0.2, 0) is 0 Å². The molecule has 3 heteroatoms. The topological polar surface area (TPSA) is 38.7 Å². The molecule has 1 aromatic carbocycles. The van der Waals surface area contributed by atoms with Crippen molar-refractivity contribution >= 4 is 0 Å². The van der Waals surface area contributed by atoms with Gasteiger partial charge < -0.3 is 14.6 Å². The maximum atomic E-state index is 9.50. The molecule has 94 valence electrons. The van der Waals surface area contributed by atoms with Crippen LogP contribution >= 0.6 is 0 Å². The predicted molar refractivity (Wildman–Crippen MR) is 66.5 cm³/mol. The lowest BCUT2D eigenvalue weighted by molar-refractivity contribution is 0.198. The first-order chi connectivity index (χ1) is 8.20. The van der Waals surface area contributed by atoms with E-state index in [1.54, 1.807) is 14.0 Å². The van der Waals surface area contributed by atoms with Crippen LogP contribution in [0.25, 0.3) is 0 Å². The van der Waals surface area contributed by atoms with Crippen molar-refractivity contribution in [1.82, 2.24) is 0 Å². The first-order valence-corrected chi connectivity index (χ1v) is 6.19. The summed E-state index contributed by atoms with van der Waals surface area (Å²) in [5, 5.41) is 9.50. The molecule has 0 aliphatic heterocycles. The van der Waals surface area contributed by atoms with Crippen molar-refractivity contribution in [3.63, 3.8) is 0 Å². The van der Waals surface area contributed by atoms with Crippen LogP contribution in [0.3, 0.4) is 0 Å². The summed E-state index contributed by atoms with van der Waals surface area (Å²) in [6, 6.07) is 5.57. The molecule has 0 spiro atoms. The first kappa shape index (κ1) is 12.2. The van der Waals surface area contributed by atoms with Crippen molar-refractivity contribution in [2.24, 2.45) is 5.92 Å². The highest BCUT2D eigenvalue weighted by molar-refractivity contribution is 5.43. The molecule has 3 nitrogen and oxygen atoms in total. The zero-order valence-corrected chi connectivity index (χ0v) is 10.5. The van der Waals surface area contributed by atoms with E-state index in [0.717, 1.165) is 30.3 Å². The van der Waals surface area contributed by atoms with Gasteiger partial charge in [0.2, 0.25) is 0 Å². The first-order valence-electron chi connectivity index (χ1n) is 6.19. The van der Waals surface area contributed by atoms with Crippen molar-refractivity contribution in [1.29, 1.82) is 0 Å². The van der Waals surface area contributed by atoms with Crippen molar-refractivity contribution in [2.75, 3.05) is 13.7 Å². The monoisotopic (exact) mass is 236 g/mol. The van der Waals surface area contributed by atoms with Crippen molar-refractivity contribution in [2.45, 2.75) is 32.3 Å². The van der Waals surface area contributed by atoms with Crippen molar-refractivity contribution in [3.8, 4) is 11.5 Å². The van der Waals surface area contributed by atoms with E-state index in [1.807, 2.05) is 18.2 Å². The van der Waals surface area contributed by atoms with E-state index in [4.69, 9.17) is 9.47 Å². The predicted octanol–water partition coefficient (Wildman–Crippen LogP) is 2.93. The van der Waals surface area contributed by atoms with Crippen LogP contribution in [0.2, 0.25) is 0 Å². The van der Waals surface area contributed by atoms with Crippen molar-refractivity contribution < 1.29 is 14.6 Å². The summed E-state index contributed by atoms with van der Waals surface area (Å²) in [5.74, 6) is 2.33. The number of hydrogen-bond donors (Lipinski definition) is 1. The quantitative estimate of drug-likeness (QED) is 0.825.